The van der Waals surface area contributed by atoms with E-state index in [-0.39, 0.29) is 6.54 Å². The number of primary amides is 1. The predicted octanol–water partition coefficient (Wildman–Crippen LogP) is -2.03. The van der Waals surface area contributed by atoms with Gasteiger partial charge in [0.15, 0.2) is 0 Å². The van der Waals surface area contributed by atoms with Gasteiger partial charge < -0.3 is 16.2 Å². The molecule has 1 unspecified atom stereocenters. The van der Waals surface area contributed by atoms with Crippen LogP contribution in [0.2, 0.25) is 0 Å². The highest BCUT2D eigenvalue weighted by molar-refractivity contribution is 5.79. The summed E-state index contributed by atoms with van der Waals surface area (Å²) in [5.74, 6) is -0.558. The molecule has 1 atom stereocenters. The molecule has 72 valence electrons. The van der Waals surface area contributed by atoms with Crippen molar-refractivity contribution >= 4 is 5.91 Å². The second-order valence-corrected chi connectivity index (χ2v) is 2.20. The predicted molar refractivity (Wildman–Crippen MR) is 43.0 cm³/mol. The largest absolute Gasteiger partial charge is 0.382 e. The number of carbonyl (C=O) groups is 1. The van der Waals surface area contributed by atoms with Gasteiger partial charge in [-0.15, -0.1) is 0 Å². The summed E-state index contributed by atoms with van der Waals surface area (Å²) in [6, 6.07) is -0.715. The summed E-state index contributed by atoms with van der Waals surface area (Å²) >= 11 is 0. The molecule has 0 aromatic carbocycles. The van der Waals surface area contributed by atoms with Crippen LogP contribution in [0, 0.1) is 0 Å². The minimum Gasteiger partial charge on any atom is -0.382 e. The molecule has 0 spiro atoms. The summed E-state index contributed by atoms with van der Waals surface area (Å²) < 4.78 is 4.71. The lowest BCUT2D eigenvalue weighted by atomic mass is 10.3. The molecule has 5 N–H and O–H groups in total. The molecule has 1 amide bonds. The summed E-state index contributed by atoms with van der Waals surface area (Å²) in [6.07, 6.45) is 0. The van der Waals surface area contributed by atoms with Gasteiger partial charge in [0.2, 0.25) is 5.91 Å². The van der Waals surface area contributed by atoms with E-state index in [2.05, 4.69) is 5.48 Å². The third kappa shape index (κ3) is 6.05. The van der Waals surface area contributed by atoms with Gasteiger partial charge in [-0.25, -0.2) is 5.48 Å². The monoisotopic (exact) mass is 177 g/mol. The Balaban J connectivity index is 3.14. The number of nitrogens with one attached hydrogen (secondary N) is 1. The fraction of sp³-hybridized carbons (Fsp3) is 0.833. The Morgan fingerprint density at radius 2 is 2.25 bits per heavy atom. The molecule has 0 aromatic rings. The summed E-state index contributed by atoms with van der Waals surface area (Å²) in [7, 11) is 1.57. The highest BCUT2D eigenvalue weighted by Gasteiger charge is 2.07. The van der Waals surface area contributed by atoms with Crippen molar-refractivity contribution < 1.29 is 14.4 Å². The first-order valence-corrected chi connectivity index (χ1v) is 3.57. The number of rotatable bonds is 7. The zero-order chi connectivity index (χ0) is 9.40. The van der Waals surface area contributed by atoms with Crippen LogP contribution in [0.15, 0.2) is 0 Å². The van der Waals surface area contributed by atoms with Crippen LogP contribution < -0.4 is 16.9 Å². The lowest BCUT2D eigenvalue weighted by Gasteiger charge is -2.08. The van der Waals surface area contributed by atoms with Crippen molar-refractivity contribution in [3.63, 3.8) is 0 Å². The van der Waals surface area contributed by atoms with Crippen LogP contribution in [0.3, 0.4) is 0 Å². The lowest BCUT2D eigenvalue weighted by Crippen LogP contribution is -2.44. The molecule has 0 aliphatic heterocycles. The molecular weight excluding hydrogens is 162 g/mol. The Morgan fingerprint density at radius 3 is 2.75 bits per heavy atom. The average Bonchev–Trinajstić information content (AvgIpc) is 2.03. The second kappa shape index (κ2) is 6.99. The van der Waals surface area contributed by atoms with E-state index in [4.69, 9.17) is 21.0 Å². The minimum absolute atomic E-state index is 0.207. The smallest absolute Gasteiger partial charge is 0.235 e. The standard InChI is InChI=1S/C6H15N3O3/c1-11-2-3-12-9-4-5(7)6(8)10/h5,9H,2-4,7H2,1H3,(H2,8,10). The number of nitrogens with two attached hydrogens (primary N) is 2. The van der Waals surface area contributed by atoms with E-state index in [0.717, 1.165) is 0 Å². The highest BCUT2D eigenvalue weighted by atomic mass is 16.7. The second-order valence-electron chi connectivity index (χ2n) is 2.20. The van der Waals surface area contributed by atoms with Crippen LogP contribution >= 0.6 is 0 Å². The molecule has 0 radical (unpaired) electrons. The van der Waals surface area contributed by atoms with E-state index in [0.29, 0.717) is 13.2 Å². The maximum absolute atomic E-state index is 10.4. The van der Waals surface area contributed by atoms with Gasteiger partial charge in [-0.05, 0) is 0 Å². The van der Waals surface area contributed by atoms with Gasteiger partial charge in [-0.2, -0.15) is 0 Å². The minimum atomic E-state index is -0.715. The number of amides is 1. The average molecular weight is 177 g/mol. The zero-order valence-corrected chi connectivity index (χ0v) is 7.08. The lowest BCUT2D eigenvalue weighted by molar-refractivity contribution is -0.119. The SMILES string of the molecule is COCCONCC(N)C(N)=O. The first kappa shape index (κ1) is 11.3. The topological polar surface area (TPSA) is 99.6 Å². The van der Waals surface area contributed by atoms with Crippen molar-refractivity contribution in [1.29, 1.82) is 0 Å². The maximum Gasteiger partial charge on any atom is 0.235 e. The van der Waals surface area contributed by atoms with E-state index in [1.54, 1.807) is 7.11 Å². The van der Waals surface area contributed by atoms with Crippen LogP contribution in [0.5, 0.6) is 0 Å². The van der Waals surface area contributed by atoms with Crippen LogP contribution in [0.25, 0.3) is 0 Å². The van der Waals surface area contributed by atoms with E-state index >= 15 is 0 Å². The first-order valence-electron chi connectivity index (χ1n) is 3.57. The van der Waals surface area contributed by atoms with Gasteiger partial charge in [0, 0.05) is 13.7 Å². The van der Waals surface area contributed by atoms with E-state index < -0.39 is 11.9 Å². The molecule has 0 aliphatic carbocycles. The molecule has 0 aliphatic rings. The summed E-state index contributed by atoms with van der Waals surface area (Å²) in [6.45, 7) is 1.10. The molecule has 0 bridgehead atoms. The molecule has 0 heterocycles. The van der Waals surface area contributed by atoms with Gasteiger partial charge in [-0.1, -0.05) is 0 Å². The van der Waals surface area contributed by atoms with Gasteiger partial charge in [-0.3, -0.25) is 9.63 Å². The highest BCUT2D eigenvalue weighted by Crippen LogP contribution is 1.74. The van der Waals surface area contributed by atoms with E-state index in [1.165, 1.54) is 0 Å². The normalized spacial score (nSPS) is 12.8. The maximum atomic E-state index is 10.4. The number of ether oxygens (including phenoxy) is 1. The van der Waals surface area contributed by atoms with Crippen molar-refractivity contribution in [1.82, 2.24) is 5.48 Å². The molecular formula is C6H15N3O3. The number of hydrogen-bond donors (Lipinski definition) is 3. The van der Waals surface area contributed by atoms with Crippen LogP contribution in [-0.2, 0) is 14.4 Å². The Bertz CT molecular complexity index is 131. The molecule has 6 heteroatoms. The summed E-state index contributed by atoms with van der Waals surface area (Å²) in [4.78, 5) is 15.2. The van der Waals surface area contributed by atoms with Crippen molar-refractivity contribution in [2.75, 3.05) is 26.9 Å². The van der Waals surface area contributed by atoms with Gasteiger partial charge in [0.05, 0.1) is 19.3 Å². The van der Waals surface area contributed by atoms with Crippen molar-refractivity contribution in [2.24, 2.45) is 11.5 Å². The van der Waals surface area contributed by atoms with Crippen molar-refractivity contribution in [3.8, 4) is 0 Å². The van der Waals surface area contributed by atoms with Gasteiger partial charge in [0.1, 0.15) is 0 Å². The molecule has 6 nitrogen and oxygen atoms in total. The fourth-order valence-electron chi connectivity index (χ4n) is 0.446. The van der Waals surface area contributed by atoms with E-state index in [9.17, 15) is 4.79 Å². The number of carbonyl (C=O) groups excluding carboxylic acids is 1. The zero-order valence-electron chi connectivity index (χ0n) is 7.08. The Kier molecular flexibility index (Phi) is 6.58. The number of hydrogen-bond acceptors (Lipinski definition) is 5. The van der Waals surface area contributed by atoms with Crippen molar-refractivity contribution in [2.45, 2.75) is 6.04 Å². The molecule has 0 fully saturated rings. The molecule has 12 heavy (non-hydrogen) atoms. The quantitative estimate of drug-likeness (QED) is 0.307. The Morgan fingerprint density at radius 1 is 1.58 bits per heavy atom. The van der Waals surface area contributed by atoms with E-state index in [1.807, 2.05) is 0 Å². The molecule has 0 rings (SSSR count). The third-order valence-corrected chi connectivity index (χ3v) is 1.16. The Hall–Kier alpha value is -0.690. The summed E-state index contributed by atoms with van der Waals surface area (Å²) in [5.41, 5.74) is 12.7. The summed E-state index contributed by atoms with van der Waals surface area (Å²) in [5, 5.41) is 0. The van der Waals surface area contributed by atoms with Gasteiger partial charge in [0.25, 0.3) is 0 Å². The molecule has 0 saturated heterocycles. The first-order chi connectivity index (χ1) is 5.68. The van der Waals surface area contributed by atoms with Crippen LogP contribution in [0.4, 0.5) is 0 Å². The Labute approximate surface area is 71.1 Å². The van der Waals surface area contributed by atoms with Crippen LogP contribution in [-0.4, -0.2) is 38.8 Å². The molecule has 0 aromatic heterocycles. The van der Waals surface area contributed by atoms with Crippen LogP contribution in [0.1, 0.15) is 0 Å². The van der Waals surface area contributed by atoms with Gasteiger partial charge >= 0.3 is 0 Å². The fourth-order valence-corrected chi connectivity index (χ4v) is 0.446. The third-order valence-electron chi connectivity index (χ3n) is 1.16. The van der Waals surface area contributed by atoms with Crippen molar-refractivity contribution in [3.05, 3.63) is 0 Å². The number of methoxy groups -OCH3 is 1. The molecule has 0 saturated carbocycles. The number of hydroxylamine groups is 1.